The number of thiazole rings is 1. The normalized spacial score (nSPS) is 10.2. The Morgan fingerprint density at radius 3 is 2.88 bits per heavy atom. The maximum Gasteiger partial charge on any atom is 0.260 e. The Labute approximate surface area is 101 Å². The van der Waals surface area contributed by atoms with E-state index in [4.69, 9.17) is 5.11 Å². The first-order valence-electron chi connectivity index (χ1n) is 4.78. The first-order valence-corrected chi connectivity index (χ1v) is 5.66. The van der Waals surface area contributed by atoms with Crippen LogP contribution < -0.4 is 5.32 Å². The fraction of sp³-hybridized carbons (Fsp3) is 0.0909. The molecule has 0 bridgehead atoms. The summed E-state index contributed by atoms with van der Waals surface area (Å²) in [5.74, 6) is -1.57. The van der Waals surface area contributed by atoms with Crippen molar-refractivity contribution in [1.82, 2.24) is 4.98 Å². The van der Waals surface area contributed by atoms with Gasteiger partial charge < -0.3 is 5.11 Å². The summed E-state index contributed by atoms with van der Waals surface area (Å²) in [5, 5.41) is 13.7. The summed E-state index contributed by atoms with van der Waals surface area (Å²) in [5.41, 5.74) is 0.659. The van der Waals surface area contributed by atoms with Gasteiger partial charge in [0.1, 0.15) is 11.6 Å². The zero-order chi connectivity index (χ0) is 12.4. The van der Waals surface area contributed by atoms with E-state index in [1.807, 2.05) is 0 Å². The lowest BCUT2D eigenvalue weighted by Gasteiger charge is -2.03. The predicted molar refractivity (Wildman–Crippen MR) is 62.9 cm³/mol. The van der Waals surface area contributed by atoms with Gasteiger partial charge >= 0.3 is 0 Å². The number of rotatable bonds is 2. The number of halogens is 1. The molecule has 1 amide bonds. The Kier molecular flexibility index (Phi) is 3.06. The Morgan fingerprint density at radius 1 is 1.53 bits per heavy atom. The molecule has 1 aromatic heterocycles. The minimum atomic E-state index is -0.768. The molecule has 2 aromatic rings. The van der Waals surface area contributed by atoms with Crippen LogP contribution in [0.2, 0.25) is 0 Å². The molecule has 0 aliphatic rings. The molecule has 0 saturated heterocycles. The van der Waals surface area contributed by atoms with Gasteiger partial charge in [0.25, 0.3) is 5.91 Å². The molecular weight excluding hydrogens is 243 g/mol. The van der Waals surface area contributed by atoms with Gasteiger partial charge in [-0.25, -0.2) is 9.37 Å². The number of anilines is 1. The molecule has 0 saturated carbocycles. The monoisotopic (exact) mass is 252 g/mol. The second-order valence-corrected chi connectivity index (χ2v) is 4.27. The van der Waals surface area contributed by atoms with Gasteiger partial charge in [-0.1, -0.05) is 0 Å². The zero-order valence-electron chi connectivity index (χ0n) is 8.90. The molecule has 88 valence electrons. The van der Waals surface area contributed by atoms with Crippen LogP contribution in [0, 0.1) is 12.7 Å². The van der Waals surface area contributed by atoms with Crippen LogP contribution in [0.5, 0.6) is 5.75 Å². The van der Waals surface area contributed by atoms with E-state index in [2.05, 4.69) is 10.3 Å². The molecule has 0 atom stereocenters. The number of benzene rings is 1. The van der Waals surface area contributed by atoms with Crippen LogP contribution in [-0.2, 0) is 0 Å². The Hall–Kier alpha value is -1.95. The first-order chi connectivity index (χ1) is 8.06. The highest BCUT2D eigenvalue weighted by molar-refractivity contribution is 7.13. The van der Waals surface area contributed by atoms with E-state index >= 15 is 0 Å². The predicted octanol–water partition coefficient (Wildman–Crippen LogP) is 2.55. The van der Waals surface area contributed by atoms with Gasteiger partial charge in [-0.15, -0.1) is 11.3 Å². The molecule has 0 aliphatic carbocycles. The van der Waals surface area contributed by atoms with E-state index in [0.29, 0.717) is 5.13 Å². The molecule has 4 nitrogen and oxygen atoms in total. The van der Waals surface area contributed by atoms with Crippen molar-refractivity contribution in [3.05, 3.63) is 40.7 Å². The van der Waals surface area contributed by atoms with Gasteiger partial charge in [0.2, 0.25) is 0 Å². The van der Waals surface area contributed by atoms with Crippen LogP contribution in [0.1, 0.15) is 16.1 Å². The lowest BCUT2D eigenvalue weighted by molar-refractivity contribution is 0.102. The highest BCUT2D eigenvalue weighted by Gasteiger charge is 2.13. The molecule has 6 heteroatoms. The summed E-state index contributed by atoms with van der Waals surface area (Å²) in [4.78, 5) is 15.7. The highest BCUT2D eigenvalue weighted by atomic mass is 32.1. The Bertz CT molecular complexity index is 568. The first kappa shape index (κ1) is 11.5. The minimum absolute atomic E-state index is 0.129. The summed E-state index contributed by atoms with van der Waals surface area (Å²) in [6.07, 6.45) is 0. The molecule has 0 fully saturated rings. The average Bonchev–Trinajstić information content (AvgIpc) is 2.63. The van der Waals surface area contributed by atoms with Crippen LogP contribution in [0.3, 0.4) is 0 Å². The molecule has 0 aliphatic heterocycles. The lowest BCUT2D eigenvalue weighted by atomic mass is 10.2. The van der Waals surface area contributed by atoms with E-state index in [0.717, 1.165) is 11.8 Å². The number of hydrogen-bond donors (Lipinski definition) is 2. The van der Waals surface area contributed by atoms with Gasteiger partial charge in [0, 0.05) is 11.4 Å². The van der Waals surface area contributed by atoms with Crippen molar-refractivity contribution < 1.29 is 14.3 Å². The highest BCUT2D eigenvalue weighted by Crippen LogP contribution is 2.18. The van der Waals surface area contributed by atoms with E-state index in [-0.39, 0.29) is 11.3 Å². The molecule has 1 heterocycles. The SMILES string of the molecule is Cc1csc(NC(=O)c2ccc(O)cc2F)n1. The molecule has 2 rings (SSSR count). The number of hydrogen-bond acceptors (Lipinski definition) is 4. The summed E-state index contributed by atoms with van der Waals surface area (Å²) >= 11 is 1.27. The summed E-state index contributed by atoms with van der Waals surface area (Å²) in [6, 6.07) is 3.37. The standard InChI is InChI=1S/C11H9FN2O2S/c1-6-5-17-11(13-6)14-10(16)8-3-2-7(15)4-9(8)12/h2-5,15H,1H3,(H,13,14,16). The van der Waals surface area contributed by atoms with Crippen LogP contribution in [-0.4, -0.2) is 16.0 Å². The third kappa shape index (κ3) is 2.59. The molecule has 17 heavy (non-hydrogen) atoms. The fourth-order valence-electron chi connectivity index (χ4n) is 1.26. The van der Waals surface area contributed by atoms with Crippen molar-refractivity contribution in [2.45, 2.75) is 6.92 Å². The number of carbonyl (C=O) groups is 1. The maximum absolute atomic E-state index is 13.4. The summed E-state index contributed by atoms with van der Waals surface area (Å²) in [6.45, 7) is 1.80. The second-order valence-electron chi connectivity index (χ2n) is 3.41. The molecule has 0 spiro atoms. The number of nitrogens with one attached hydrogen (secondary N) is 1. The van der Waals surface area contributed by atoms with Gasteiger partial charge in [0.15, 0.2) is 5.13 Å². The van der Waals surface area contributed by atoms with Crippen LogP contribution in [0.4, 0.5) is 9.52 Å². The number of carbonyl (C=O) groups excluding carboxylic acids is 1. The smallest absolute Gasteiger partial charge is 0.260 e. The largest absolute Gasteiger partial charge is 0.508 e. The van der Waals surface area contributed by atoms with Crippen molar-refractivity contribution in [1.29, 1.82) is 0 Å². The van der Waals surface area contributed by atoms with E-state index in [1.165, 1.54) is 23.5 Å². The maximum atomic E-state index is 13.4. The molecule has 1 aromatic carbocycles. The number of amides is 1. The Morgan fingerprint density at radius 2 is 2.29 bits per heavy atom. The van der Waals surface area contributed by atoms with E-state index < -0.39 is 11.7 Å². The molecular formula is C11H9FN2O2S. The number of aromatic nitrogens is 1. The second kappa shape index (κ2) is 4.50. The molecule has 0 radical (unpaired) electrons. The van der Waals surface area contributed by atoms with Crippen molar-refractivity contribution in [2.75, 3.05) is 5.32 Å². The van der Waals surface area contributed by atoms with E-state index in [9.17, 15) is 9.18 Å². The Balaban J connectivity index is 2.20. The molecule has 2 N–H and O–H groups in total. The van der Waals surface area contributed by atoms with Crippen molar-refractivity contribution in [2.24, 2.45) is 0 Å². The van der Waals surface area contributed by atoms with Crippen molar-refractivity contribution >= 4 is 22.4 Å². The van der Waals surface area contributed by atoms with Gasteiger partial charge in [0.05, 0.1) is 11.3 Å². The van der Waals surface area contributed by atoms with Gasteiger partial charge in [-0.05, 0) is 19.1 Å². The zero-order valence-corrected chi connectivity index (χ0v) is 9.71. The lowest BCUT2D eigenvalue weighted by Crippen LogP contribution is -2.13. The van der Waals surface area contributed by atoms with Gasteiger partial charge in [-0.2, -0.15) is 0 Å². The summed E-state index contributed by atoms with van der Waals surface area (Å²) in [7, 11) is 0. The number of aromatic hydroxyl groups is 1. The van der Waals surface area contributed by atoms with Gasteiger partial charge in [-0.3, -0.25) is 10.1 Å². The third-order valence-electron chi connectivity index (χ3n) is 2.04. The number of nitrogens with zero attached hydrogens (tertiary/aromatic N) is 1. The van der Waals surface area contributed by atoms with E-state index in [1.54, 1.807) is 12.3 Å². The van der Waals surface area contributed by atoms with Crippen LogP contribution in [0.25, 0.3) is 0 Å². The third-order valence-corrected chi connectivity index (χ3v) is 2.91. The number of phenolic OH excluding ortho intramolecular Hbond substituents is 1. The topological polar surface area (TPSA) is 62.2 Å². The number of phenols is 1. The van der Waals surface area contributed by atoms with Crippen molar-refractivity contribution in [3.8, 4) is 5.75 Å². The number of aryl methyl sites for hydroxylation is 1. The van der Waals surface area contributed by atoms with Crippen LogP contribution in [0.15, 0.2) is 23.6 Å². The molecule has 0 unspecified atom stereocenters. The summed E-state index contributed by atoms with van der Waals surface area (Å²) < 4.78 is 13.4. The minimum Gasteiger partial charge on any atom is -0.508 e. The fourth-order valence-corrected chi connectivity index (χ4v) is 1.95. The van der Waals surface area contributed by atoms with Crippen molar-refractivity contribution in [3.63, 3.8) is 0 Å². The van der Waals surface area contributed by atoms with Crippen LogP contribution >= 0.6 is 11.3 Å². The average molecular weight is 252 g/mol. The quantitative estimate of drug-likeness (QED) is 0.863.